The molecule has 5 saturated carbocycles. The summed E-state index contributed by atoms with van der Waals surface area (Å²) < 4.78 is 5.22. The van der Waals surface area contributed by atoms with E-state index in [1.165, 1.54) is 7.11 Å². The second kappa shape index (κ2) is 8.86. The largest absolute Gasteiger partial charge is 0.469 e. The lowest BCUT2D eigenvalue weighted by Gasteiger charge is -2.63. The zero-order chi connectivity index (χ0) is 27.9. The lowest BCUT2D eigenvalue weighted by atomic mass is 9.41. The lowest BCUT2D eigenvalue weighted by Crippen LogP contribution is -2.63. The summed E-state index contributed by atoms with van der Waals surface area (Å²) in [5, 5.41) is 31.7. The van der Waals surface area contributed by atoms with Crippen LogP contribution in [0.2, 0.25) is 0 Å². The zero-order valence-corrected chi connectivity index (χ0v) is 24.0. The van der Waals surface area contributed by atoms with Crippen LogP contribution in [0.5, 0.6) is 0 Å². The fourth-order valence-electron chi connectivity index (χ4n) is 11.1. The molecule has 0 bridgehead atoms. The monoisotopic (exact) mass is 532 g/mol. The molecule has 0 aromatic carbocycles. The summed E-state index contributed by atoms with van der Waals surface area (Å²) in [4.78, 5) is 30.0. The van der Waals surface area contributed by atoms with Gasteiger partial charge < -0.3 is 19.7 Å². The van der Waals surface area contributed by atoms with Gasteiger partial charge in [-0.05, 0) is 106 Å². The summed E-state index contributed by atoms with van der Waals surface area (Å²) in [7, 11) is 1.40. The van der Waals surface area contributed by atoms with Crippen molar-refractivity contribution in [3.8, 4) is 0 Å². The van der Waals surface area contributed by atoms with Gasteiger partial charge in [0.1, 0.15) is 11.9 Å². The molecule has 0 amide bonds. The molecule has 0 aromatic rings. The van der Waals surface area contributed by atoms with Gasteiger partial charge in [0.05, 0.1) is 24.7 Å². The second-order valence-corrected chi connectivity index (χ2v) is 14.7. The van der Waals surface area contributed by atoms with Crippen LogP contribution in [0.25, 0.3) is 0 Å². The maximum absolute atomic E-state index is 13.1. The van der Waals surface area contributed by atoms with Gasteiger partial charge in [-0.1, -0.05) is 26.0 Å². The number of aliphatic hydroxyl groups excluding tert-OH is 2. The van der Waals surface area contributed by atoms with Crippen molar-refractivity contribution >= 4 is 12.3 Å². The molecule has 0 unspecified atom stereocenters. The van der Waals surface area contributed by atoms with Crippen molar-refractivity contribution in [2.75, 3.05) is 7.11 Å². The summed E-state index contributed by atoms with van der Waals surface area (Å²) in [6.07, 6.45) is 11.0. The first-order valence-corrected chi connectivity index (χ1v) is 14.6. The first kappa shape index (κ1) is 28.3. The maximum atomic E-state index is 13.1. The number of allylic oxidation sites excluding steroid dienone is 1. The Morgan fingerprint density at radius 3 is 2.34 bits per heavy atom. The van der Waals surface area contributed by atoms with Gasteiger partial charge in [0.2, 0.25) is 0 Å². The Morgan fingerprint density at radius 1 is 1.03 bits per heavy atom. The number of ether oxygens (including phenoxy) is 1. The van der Waals surface area contributed by atoms with E-state index >= 15 is 0 Å². The number of hydrogen-bond acceptors (Lipinski definition) is 7. The minimum Gasteiger partial charge on any atom is -0.469 e. The van der Waals surface area contributed by atoms with Gasteiger partial charge in [-0.25, -0.2) is 4.89 Å². The number of aliphatic hydroxyl groups is 2. The zero-order valence-electron chi connectivity index (χ0n) is 24.0. The van der Waals surface area contributed by atoms with Gasteiger partial charge in [0.15, 0.2) is 0 Å². The summed E-state index contributed by atoms with van der Waals surface area (Å²) >= 11 is 0. The molecular weight excluding hydrogens is 484 g/mol. The van der Waals surface area contributed by atoms with Crippen molar-refractivity contribution in [2.24, 2.45) is 50.7 Å². The molecule has 7 nitrogen and oxygen atoms in total. The van der Waals surface area contributed by atoms with Crippen LogP contribution in [0, 0.1) is 50.7 Å². The van der Waals surface area contributed by atoms with Gasteiger partial charge in [-0.3, -0.25) is 10.1 Å². The van der Waals surface area contributed by atoms with Crippen molar-refractivity contribution in [2.45, 2.75) is 110 Å². The Balaban J connectivity index is 1.45. The molecule has 7 heteroatoms. The molecule has 5 rings (SSSR count). The van der Waals surface area contributed by atoms with Crippen LogP contribution >= 0.6 is 0 Å². The summed E-state index contributed by atoms with van der Waals surface area (Å²) in [6, 6.07) is 0. The van der Waals surface area contributed by atoms with Crippen molar-refractivity contribution in [1.29, 1.82) is 0 Å². The third-order valence-corrected chi connectivity index (χ3v) is 13.3. The summed E-state index contributed by atoms with van der Waals surface area (Å²) in [5.41, 5.74) is -2.10. The molecule has 5 aliphatic carbocycles. The van der Waals surface area contributed by atoms with Crippen molar-refractivity contribution < 1.29 is 34.7 Å². The van der Waals surface area contributed by atoms with Crippen LogP contribution in [-0.4, -0.2) is 52.6 Å². The molecule has 0 heterocycles. The number of carbonyl (C=O) groups is 2. The average Bonchev–Trinajstić information content (AvgIpc) is 3.50. The normalized spacial score (nSPS) is 50.4. The summed E-state index contributed by atoms with van der Waals surface area (Å²) in [6.45, 7) is 10.3. The Morgan fingerprint density at radius 2 is 1.71 bits per heavy atom. The number of esters is 1. The molecule has 11 atom stereocenters. The summed E-state index contributed by atoms with van der Waals surface area (Å²) in [5.74, 6) is 0.158. The lowest BCUT2D eigenvalue weighted by molar-refractivity contribution is -0.297. The maximum Gasteiger partial charge on any atom is 0.314 e. The van der Waals surface area contributed by atoms with E-state index in [2.05, 4.69) is 18.7 Å². The molecule has 0 aliphatic heterocycles. The molecule has 0 saturated heterocycles. The highest BCUT2D eigenvalue weighted by molar-refractivity contribution is 5.78. The van der Waals surface area contributed by atoms with Crippen LogP contribution in [0.1, 0.15) is 92.4 Å². The molecular formula is C31H48O7. The predicted octanol–water partition coefficient (Wildman–Crippen LogP) is 4.94. The van der Waals surface area contributed by atoms with Crippen molar-refractivity contribution in [3.05, 3.63) is 12.2 Å². The topological polar surface area (TPSA) is 113 Å². The first-order valence-electron chi connectivity index (χ1n) is 14.6. The van der Waals surface area contributed by atoms with Gasteiger partial charge in [0.25, 0.3) is 0 Å². The highest BCUT2D eigenvalue weighted by Crippen LogP contribution is 2.89. The average molecular weight is 533 g/mol. The Hall–Kier alpha value is -1.28. The number of methoxy groups -OCH3 is 1. The third kappa shape index (κ3) is 3.34. The highest BCUT2D eigenvalue weighted by atomic mass is 17.1. The van der Waals surface area contributed by atoms with Crippen LogP contribution in [0.4, 0.5) is 0 Å². The molecule has 0 radical (unpaired) electrons. The number of fused-ring (bicyclic) bond motifs is 2. The molecule has 214 valence electrons. The van der Waals surface area contributed by atoms with E-state index in [-0.39, 0.29) is 51.8 Å². The number of hydrogen-bond donors (Lipinski definition) is 3. The van der Waals surface area contributed by atoms with E-state index in [1.807, 2.05) is 19.1 Å². The van der Waals surface area contributed by atoms with Gasteiger partial charge in [0, 0.05) is 17.8 Å². The minimum absolute atomic E-state index is 0.00668. The van der Waals surface area contributed by atoms with E-state index in [0.717, 1.165) is 51.2 Å². The van der Waals surface area contributed by atoms with Gasteiger partial charge >= 0.3 is 5.97 Å². The SMILES string of the molecule is COC(=O)[C@]1(C)[C@@H](O)C[C@H](O)[C@]23C[C@]24CC[C@]2(C)[C@@H]([C@H](C=O)C/C=C/C(C)(C)OO)CC[C@@]2(C)[C@@H]4CC[C@@H]13. The molecule has 0 aromatic heterocycles. The van der Waals surface area contributed by atoms with Crippen LogP contribution in [-0.2, 0) is 19.2 Å². The van der Waals surface area contributed by atoms with E-state index < -0.39 is 23.2 Å². The quantitative estimate of drug-likeness (QED) is 0.140. The van der Waals surface area contributed by atoms with Gasteiger partial charge in [-0.15, -0.1) is 0 Å². The first-order chi connectivity index (χ1) is 17.7. The standard InChI is InChI=1S/C31H48O7/c1-26(2,38-36)12-7-8-19(17-32)20-11-13-28(4)21-9-10-22-29(5,25(35)37-6)23(33)16-24(34)31(22)18-30(21,31)15-14-27(20,28)3/h7,12,17,19-24,33-34,36H,8-11,13-16,18H2,1-6H3/b12-7+/t19-,20+,21-,22-,23-,24-,27+,28-,29-,30-,31+/m0/s1. The number of aldehydes is 1. The van der Waals surface area contributed by atoms with E-state index in [4.69, 9.17) is 9.99 Å². The van der Waals surface area contributed by atoms with Crippen LogP contribution in [0.3, 0.4) is 0 Å². The molecule has 5 fully saturated rings. The van der Waals surface area contributed by atoms with Crippen LogP contribution < -0.4 is 0 Å². The predicted molar refractivity (Wildman–Crippen MR) is 142 cm³/mol. The van der Waals surface area contributed by atoms with Crippen LogP contribution in [0.15, 0.2) is 12.2 Å². The number of rotatable bonds is 7. The van der Waals surface area contributed by atoms with E-state index in [0.29, 0.717) is 12.3 Å². The van der Waals surface area contributed by atoms with E-state index in [9.17, 15) is 19.8 Å². The molecule has 5 aliphatic rings. The molecule has 38 heavy (non-hydrogen) atoms. The molecule has 3 N–H and O–H groups in total. The fourth-order valence-corrected chi connectivity index (χ4v) is 11.1. The third-order valence-electron chi connectivity index (χ3n) is 13.3. The van der Waals surface area contributed by atoms with Crippen molar-refractivity contribution in [3.63, 3.8) is 0 Å². The van der Waals surface area contributed by atoms with Crippen molar-refractivity contribution in [1.82, 2.24) is 0 Å². The second-order valence-electron chi connectivity index (χ2n) is 14.7. The highest BCUT2D eigenvalue weighted by Gasteiger charge is 2.85. The Labute approximate surface area is 227 Å². The fraction of sp³-hybridized carbons (Fsp3) is 0.871. The van der Waals surface area contributed by atoms with Gasteiger partial charge in [-0.2, -0.15) is 0 Å². The smallest absolute Gasteiger partial charge is 0.314 e. The molecule has 2 spiro atoms. The Kier molecular flexibility index (Phi) is 6.59. The van der Waals surface area contributed by atoms with E-state index in [1.54, 1.807) is 13.8 Å². The minimum atomic E-state index is -0.997. The number of carbonyl (C=O) groups excluding carboxylic acids is 2. The Bertz CT molecular complexity index is 1010.